The summed E-state index contributed by atoms with van der Waals surface area (Å²) in [7, 11) is 0. The molecular formula is C9H10BrI. The fourth-order valence-electron chi connectivity index (χ4n) is 0.919. The van der Waals surface area contributed by atoms with Gasteiger partial charge in [0.2, 0.25) is 0 Å². The van der Waals surface area contributed by atoms with E-state index in [1.807, 2.05) is 0 Å². The predicted molar refractivity (Wildman–Crippen MR) is 62.0 cm³/mol. The highest BCUT2D eigenvalue weighted by Gasteiger charge is 2.12. The normalized spacial score (nSPS) is 22.2. The van der Waals surface area contributed by atoms with E-state index < -0.39 is 0 Å². The van der Waals surface area contributed by atoms with E-state index in [-0.39, 0.29) is 5.41 Å². The lowest BCUT2D eigenvalue weighted by atomic mass is 9.93. The van der Waals surface area contributed by atoms with Crippen LogP contribution in [-0.4, -0.2) is 0 Å². The average Bonchev–Trinajstić information content (AvgIpc) is 1.90. The van der Waals surface area contributed by atoms with Crippen molar-refractivity contribution in [2.75, 3.05) is 0 Å². The lowest BCUT2D eigenvalue weighted by Crippen LogP contribution is -2.01. The van der Waals surface area contributed by atoms with Crippen molar-refractivity contribution >= 4 is 38.5 Å². The molecule has 11 heavy (non-hydrogen) atoms. The molecule has 0 heterocycles. The quantitative estimate of drug-likeness (QED) is 0.586. The van der Waals surface area contributed by atoms with Crippen LogP contribution in [0.4, 0.5) is 0 Å². The van der Waals surface area contributed by atoms with Crippen LogP contribution < -0.4 is 0 Å². The molecule has 60 valence electrons. The number of hydrogen-bond acceptors (Lipinski definition) is 0. The van der Waals surface area contributed by atoms with Gasteiger partial charge in [-0.15, -0.1) is 0 Å². The lowest BCUT2D eigenvalue weighted by molar-refractivity contribution is 0.626. The van der Waals surface area contributed by atoms with Gasteiger partial charge in [0.05, 0.1) is 0 Å². The van der Waals surface area contributed by atoms with Crippen molar-refractivity contribution < 1.29 is 0 Å². The van der Waals surface area contributed by atoms with Gasteiger partial charge < -0.3 is 0 Å². The van der Waals surface area contributed by atoms with Crippen molar-refractivity contribution in [3.05, 3.63) is 32.4 Å². The van der Waals surface area contributed by atoms with Gasteiger partial charge in [0.15, 0.2) is 0 Å². The summed E-state index contributed by atoms with van der Waals surface area (Å²) in [5.41, 5.74) is 0.183. The largest absolute Gasteiger partial charge is 0.0739 e. The van der Waals surface area contributed by atoms with E-state index >= 15 is 0 Å². The van der Waals surface area contributed by atoms with E-state index in [9.17, 15) is 0 Å². The summed E-state index contributed by atoms with van der Waals surface area (Å²) in [6, 6.07) is 0. The standard InChI is InChI=1S/C9H10BrI/c1-9(2)4-3-7(10)5-8(11)6-9/h3-6H,1-2H3. The third-order valence-electron chi connectivity index (χ3n) is 1.46. The van der Waals surface area contributed by atoms with E-state index in [0.29, 0.717) is 0 Å². The van der Waals surface area contributed by atoms with Gasteiger partial charge in [0, 0.05) is 13.5 Å². The van der Waals surface area contributed by atoms with Crippen LogP contribution in [0.3, 0.4) is 0 Å². The maximum Gasteiger partial charge on any atom is 0.0182 e. The fraction of sp³-hybridized carbons (Fsp3) is 0.333. The molecule has 0 radical (unpaired) electrons. The van der Waals surface area contributed by atoms with E-state index in [1.54, 1.807) is 0 Å². The summed E-state index contributed by atoms with van der Waals surface area (Å²) in [4.78, 5) is 0. The van der Waals surface area contributed by atoms with Crippen LogP contribution in [0.25, 0.3) is 0 Å². The van der Waals surface area contributed by atoms with Gasteiger partial charge in [-0.2, -0.15) is 0 Å². The maximum atomic E-state index is 3.46. The zero-order valence-electron chi connectivity index (χ0n) is 6.57. The molecule has 1 rings (SSSR count). The highest BCUT2D eigenvalue weighted by molar-refractivity contribution is 14.1. The lowest BCUT2D eigenvalue weighted by Gasteiger charge is -2.13. The zero-order chi connectivity index (χ0) is 8.48. The Morgan fingerprint density at radius 1 is 1.45 bits per heavy atom. The first kappa shape index (κ1) is 9.52. The molecule has 1 aliphatic carbocycles. The molecular weight excluding hydrogens is 315 g/mol. The molecule has 0 aromatic carbocycles. The Morgan fingerprint density at radius 3 is 2.73 bits per heavy atom. The highest BCUT2D eigenvalue weighted by Crippen LogP contribution is 2.29. The maximum absolute atomic E-state index is 3.46. The molecule has 0 amide bonds. The minimum absolute atomic E-state index is 0.183. The van der Waals surface area contributed by atoms with Gasteiger partial charge in [0.25, 0.3) is 0 Å². The predicted octanol–water partition coefficient (Wildman–Crippen LogP) is 4.18. The van der Waals surface area contributed by atoms with E-state index in [2.05, 4.69) is 76.7 Å². The van der Waals surface area contributed by atoms with Crippen LogP contribution in [0, 0.1) is 5.41 Å². The Morgan fingerprint density at radius 2 is 2.09 bits per heavy atom. The summed E-state index contributed by atoms with van der Waals surface area (Å²) in [6.07, 6.45) is 8.66. The molecule has 0 aromatic rings. The first-order chi connectivity index (χ1) is 4.99. The summed E-state index contributed by atoms with van der Waals surface area (Å²) in [5.74, 6) is 0. The molecule has 2 heteroatoms. The first-order valence-corrected chi connectivity index (χ1v) is 5.32. The smallest absolute Gasteiger partial charge is 0.0182 e. The van der Waals surface area contributed by atoms with Crippen LogP contribution in [-0.2, 0) is 0 Å². The molecule has 0 fully saturated rings. The first-order valence-electron chi connectivity index (χ1n) is 3.44. The van der Waals surface area contributed by atoms with Gasteiger partial charge in [-0.3, -0.25) is 0 Å². The Balaban J connectivity index is 3.02. The van der Waals surface area contributed by atoms with Crippen molar-refractivity contribution in [1.82, 2.24) is 0 Å². The van der Waals surface area contributed by atoms with Crippen LogP contribution >= 0.6 is 38.5 Å². The average molecular weight is 325 g/mol. The van der Waals surface area contributed by atoms with Gasteiger partial charge >= 0.3 is 0 Å². The molecule has 1 aliphatic rings. The van der Waals surface area contributed by atoms with Crippen LogP contribution in [0.1, 0.15) is 13.8 Å². The second-order valence-electron chi connectivity index (χ2n) is 3.21. The fourth-order valence-corrected chi connectivity index (χ4v) is 2.86. The van der Waals surface area contributed by atoms with Crippen molar-refractivity contribution in [3.8, 4) is 0 Å². The van der Waals surface area contributed by atoms with E-state index in [1.165, 1.54) is 3.58 Å². The van der Waals surface area contributed by atoms with Crippen molar-refractivity contribution in [2.24, 2.45) is 5.41 Å². The molecule has 0 atom stereocenters. The minimum atomic E-state index is 0.183. The second-order valence-corrected chi connectivity index (χ2v) is 5.37. The summed E-state index contributed by atoms with van der Waals surface area (Å²) in [5, 5.41) is 0. The molecule has 0 aliphatic heterocycles. The van der Waals surface area contributed by atoms with E-state index in [4.69, 9.17) is 0 Å². The summed E-state index contributed by atoms with van der Waals surface area (Å²) in [6.45, 7) is 4.39. The van der Waals surface area contributed by atoms with E-state index in [0.717, 1.165) is 4.48 Å². The number of rotatable bonds is 0. The van der Waals surface area contributed by atoms with Crippen molar-refractivity contribution in [2.45, 2.75) is 13.8 Å². The van der Waals surface area contributed by atoms with Crippen LogP contribution in [0.15, 0.2) is 32.4 Å². The molecule has 0 aromatic heterocycles. The Hall–Kier alpha value is 0.430. The Bertz CT molecular complexity index is 246. The van der Waals surface area contributed by atoms with Gasteiger partial charge in [0.1, 0.15) is 0 Å². The van der Waals surface area contributed by atoms with Crippen molar-refractivity contribution in [1.29, 1.82) is 0 Å². The molecule has 0 saturated carbocycles. The molecule has 0 nitrogen and oxygen atoms in total. The third kappa shape index (κ3) is 3.11. The molecule has 0 bridgehead atoms. The summed E-state index contributed by atoms with van der Waals surface area (Å²) < 4.78 is 2.42. The molecule has 0 spiro atoms. The van der Waals surface area contributed by atoms with Gasteiger partial charge in [-0.25, -0.2) is 0 Å². The van der Waals surface area contributed by atoms with Crippen molar-refractivity contribution in [3.63, 3.8) is 0 Å². The number of halogens is 2. The van der Waals surface area contributed by atoms with Crippen LogP contribution in [0.5, 0.6) is 0 Å². The summed E-state index contributed by atoms with van der Waals surface area (Å²) >= 11 is 5.80. The molecule has 0 saturated heterocycles. The number of hydrogen-bond donors (Lipinski definition) is 0. The second kappa shape index (κ2) is 3.44. The third-order valence-corrected chi connectivity index (χ3v) is 2.57. The Labute approximate surface area is 89.7 Å². The molecule has 0 N–H and O–H groups in total. The highest BCUT2D eigenvalue weighted by atomic mass is 127. The van der Waals surface area contributed by atoms with Gasteiger partial charge in [-0.1, -0.05) is 48.0 Å². The Kier molecular flexibility index (Phi) is 2.97. The van der Waals surface area contributed by atoms with Crippen LogP contribution in [0.2, 0.25) is 0 Å². The SMILES string of the molecule is CC1(C)C=CC(Br)=CC(I)=C1. The zero-order valence-corrected chi connectivity index (χ0v) is 10.3. The monoisotopic (exact) mass is 324 g/mol. The topological polar surface area (TPSA) is 0 Å². The molecule has 0 unspecified atom stereocenters. The minimum Gasteiger partial charge on any atom is -0.0739 e. The van der Waals surface area contributed by atoms with Gasteiger partial charge in [-0.05, 0) is 28.7 Å². The number of allylic oxidation sites excluding steroid dienone is 6.